The van der Waals surface area contributed by atoms with Gasteiger partial charge in [-0.05, 0) is 34.1 Å². The minimum Gasteiger partial charge on any atom is -0.457 e. The third kappa shape index (κ3) is 1.45. The van der Waals surface area contributed by atoms with Crippen LogP contribution in [0.25, 0.3) is 0 Å². The summed E-state index contributed by atoms with van der Waals surface area (Å²) in [6, 6.07) is 5.14. The van der Waals surface area contributed by atoms with Crippen molar-refractivity contribution in [1.82, 2.24) is 4.98 Å². The van der Waals surface area contributed by atoms with Crippen molar-refractivity contribution in [2.24, 2.45) is 0 Å². The lowest BCUT2D eigenvalue weighted by atomic mass is 10.2. The van der Waals surface area contributed by atoms with Gasteiger partial charge in [0.15, 0.2) is 4.67 Å². The number of H-pyrrole nitrogens is 1. The molecule has 0 aliphatic heterocycles. The average molecular weight is 240 g/mol. The van der Waals surface area contributed by atoms with E-state index in [1.165, 1.54) is 6.26 Å². The van der Waals surface area contributed by atoms with E-state index in [1.807, 2.05) is 0 Å². The summed E-state index contributed by atoms with van der Waals surface area (Å²) in [5, 5.41) is 0. The molecule has 0 fully saturated rings. The highest BCUT2D eigenvalue weighted by Gasteiger charge is 2.14. The Morgan fingerprint density at radius 2 is 2.31 bits per heavy atom. The Balaban J connectivity index is 2.39. The third-order valence-corrected chi connectivity index (χ3v) is 2.32. The van der Waals surface area contributed by atoms with Gasteiger partial charge in [-0.15, -0.1) is 0 Å². The molecule has 0 saturated carbocycles. The summed E-state index contributed by atoms with van der Waals surface area (Å²) in [5.41, 5.74) is 1.09. The maximum Gasteiger partial charge on any atom is 0.213 e. The second-order valence-corrected chi connectivity index (χ2v) is 3.24. The molecule has 1 N–H and O–H groups in total. The van der Waals surface area contributed by atoms with Crippen LogP contribution >= 0.6 is 15.9 Å². The second-order valence-electron chi connectivity index (χ2n) is 2.52. The molecule has 0 atom stereocenters. The third-order valence-electron chi connectivity index (χ3n) is 1.71. The molecule has 3 nitrogen and oxygen atoms in total. The lowest BCUT2D eigenvalue weighted by molar-refractivity contribution is 0.103. The monoisotopic (exact) mass is 239 g/mol. The van der Waals surface area contributed by atoms with Gasteiger partial charge in [0.2, 0.25) is 5.78 Å². The Hall–Kier alpha value is -1.29. The zero-order chi connectivity index (χ0) is 9.26. The molecule has 66 valence electrons. The number of rotatable bonds is 2. The van der Waals surface area contributed by atoms with Crippen molar-refractivity contribution in [2.75, 3.05) is 0 Å². The van der Waals surface area contributed by atoms with E-state index in [0.29, 0.717) is 15.9 Å². The Morgan fingerprint density at radius 1 is 1.46 bits per heavy atom. The number of furan rings is 1. The maximum atomic E-state index is 11.7. The molecule has 0 unspecified atom stereocenters. The first-order valence-electron chi connectivity index (χ1n) is 3.70. The predicted molar refractivity (Wildman–Crippen MR) is 50.6 cm³/mol. The smallest absolute Gasteiger partial charge is 0.213 e. The molecular weight excluding hydrogens is 234 g/mol. The lowest BCUT2D eigenvalue weighted by Gasteiger charge is -1.93. The van der Waals surface area contributed by atoms with Crippen molar-refractivity contribution < 1.29 is 9.21 Å². The van der Waals surface area contributed by atoms with Gasteiger partial charge in [-0.2, -0.15) is 0 Å². The fraction of sp³-hybridized carbons (Fsp3) is 0. The van der Waals surface area contributed by atoms with Crippen LogP contribution in [0.2, 0.25) is 0 Å². The molecule has 0 bridgehead atoms. The van der Waals surface area contributed by atoms with Crippen molar-refractivity contribution in [1.29, 1.82) is 0 Å². The summed E-state index contributed by atoms with van der Waals surface area (Å²) in [7, 11) is 0. The molecule has 0 aliphatic carbocycles. The summed E-state index contributed by atoms with van der Waals surface area (Å²) >= 11 is 3.15. The predicted octanol–water partition coefficient (Wildman–Crippen LogP) is 2.60. The summed E-state index contributed by atoms with van der Waals surface area (Å²) in [6.07, 6.45) is 3.18. The van der Waals surface area contributed by atoms with E-state index < -0.39 is 0 Å². The van der Waals surface area contributed by atoms with Crippen molar-refractivity contribution in [3.8, 4) is 0 Å². The van der Waals surface area contributed by atoms with E-state index in [9.17, 15) is 4.79 Å². The number of nitrogens with one attached hydrogen (secondary N) is 1. The highest BCUT2D eigenvalue weighted by Crippen LogP contribution is 2.20. The standard InChI is InChI=1S/C9H6BrNO2/c10-9-6(3-5-13-9)8(12)7-2-1-4-11-7/h1-5,11H. The van der Waals surface area contributed by atoms with Crippen molar-refractivity contribution in [3.63, 3.8) is 0 Å². The molecule has 2 rings (SSSR count). The summed E-state index contributed by atoms with van der Waals surface area (Å²) in [5.74, 6) is -0.0781. The van der Waals surface area contributed by atoms with Gasteiger partial charge < -0.3 is 9.40 Å². The van der Waals surface area contributed by atoms with Crippen LogP contribution in [0.15, 0.2) is 39.7 Å². The fourth-order valence-electron chi connectivity index (χ4n) is 1.07. The second kappa shape index (κ2) is 3.22. The minimum absolute atomic E-state index is 0.0781. The molecule has 0 aromatic carbocycles. The molecule has 0 radical (unpaired) electrons. The molecule has 4 heteroatoms. The Bertz CT molecular complexity index is 417. The van der Waals surface area contributed by atoms with Crippen molar-refractivity contribution in [3.05, 3.63) is 46.6 Å². The number of aromatic nitrogens is 1. The van der Waals surface area contributed by atoms with E-state index in [1.54, 1.807) is 24.4 Å². The average Bonchev–Trinajstić information content (AvgIpc) is 2.72. The fourth-order valence-corrected chi connectivity index (χ4v) is 1.49. The summed E-state index contributed by atoms with van der Waals surface area (Å²) < 4.78 is 5.43. The zero-order valence-electron chi connectivity index (χ0n) is 6.58. The number of ketones is 1. The molecule has 0 spiro atoms. The SMILES string of the molecule is O=C(c1ccc[nH]1)c1ccoc1Br. The molecule has 0 saturated heterocycles. The number of halogens is 1. The summed E-state index contributed by atoms with van der Waals surface area (Å²) in [6.45, 7) is 0. The first-order chi connectivity index (χ1) is 6.29. The first kappa shape index (κ1) is 8.31. The molecule has 2 aromatic rings. The van der Waals surface area contributed by atoms with Crippen LogP contribution in [0, 0.1) is 0 Å². The van der Waals surface area contributed by atoms with Gasteiger partial charge in [-0.25, -0.2) is 0 Å². The van der Waals surface area contributed by atoms with Gasteiger partial charge >= 0.3 is 0 Å². The van der Waals surface area contributed by atoms with Crippen LogP contribution in [-0.4, -0.2) is 10.8 Å². The highest BCUT2D eigenvalue weighted by molar-refractivity contribution is 9.10. The number of carbonyl (C=O) groups excluding carboxylic acids is 1. The Morgan fingerprint density at radius 3 is 2.85 bits per heavy atom. The molecule has 0 aliphatic rings. The van der Waals surface area contributed by atoms with Gasteiger partial charge in [0, 0.05) is 6.20 Å². The van der Waals surface area contributed by atoms with Crippen LogP contribution in [0.1, 0.15) is 16.1 Å². The van der Waals surface area contributed by atoms with Crippen molar-refractivity contribution >= 4 is 21.7 Å². The largest absolute Gasteiger partial charge is 0.457 e. The van der Waals surface area contributed by atoms with E-state index in [0.717, 1.165) is 0 Å². The van der Waals surface area contributed by atoms with Gasteiger partial charge in [-0.3, -0.25) is 4.79 Å². The minimum atomic E-state index is -0.0781. The zero-order valence-corrected chi connectivity index (χ0v) is 8.17. The van der Waals surface area contributed by atoms with Crippen LogP contribution in [0.5, 0.6) is 0 Å². The van der Waals surface area contributed by atoms with E-state index >= 15 is 0 Å². The number of hydrogen-bond donors (Lipinski definition) is 1. The van der Waals surface area contributed by atoms with Crippen LogP contribution < -0.4 is 0 Å². The van der Waals surface area contributed by atoms with Crippen molar-refractivity contribution in [2.45, 2.75) is 0 Å². The number of carbonyl (C=O) groups is 1. The van der Waals surface area contributed by atoms with E-state index in [2.05, 4.69) is 20.9 Å². The van der Waals surface area contributed by atoms with E-state index in [4.69, 9.17) is 4.42 Å². The van der Waals surface area contributed by atoms with Crippen LogP contribution in [-0.2, 0) is 0 Å². The maximum absolute atomic E-state index is 11.7. The molecule has 2 aromatic heterocycles. The summed E-state index contributed by atoms with van der Waals surface area (Å²) in [4.78, 5) is 14.5. The molecule has 0 amide bonds. The van der Waals surface area contributed by atoms with E-state index in [-0.39, 0.29) is 5.78 Å². The first-order valence-corrected chi connectivity index (χ1v) is 4.49. The quantitative estimate of drug-likeness (QED) is 0.820. The topological polar surface area (TPSA) is 46.0 Å². The van der Waals surface area contributed by atoms with Gasteiger partial charge in [0.25, 0.3) is 0 Å². The van der Waals surface area contributed by atoms with Gasteiger partial charge in [0.05, 0.1) is 17.5 Å². The van der Waals surface area contributed by atoms with Crippen LogP contribution in [0.4, 0.5) is 0 Å². The molecular formula is C9H6BrNO2. The number of hydrogen-bond acceptors (Lipinski definition) is 2. The van der Waals surface area contributed by atoms with Gasteiger partial charge in [-0.1, -0.05) is 0 Å². The van der Waals surface area contributed by atoms with Crippen LogP contribution in [0.3, 0.4) is 0 Å². The Labute approximate surface area is 82.9 Å². The Kier molecular flexibility index (Phi) is 2.06. The highest BCUT2D eigenvalue weighted by atomic mass is 79.9. The normalized spacial score (nSPS) is 10.2. The van der Waals surface area contributed by atoms with Gasteiger partial charge in [0.1, 0.15) is 0 Å². The molecule has 13 heavy (non-hydrogen) atoms. The molecule has 2 heterocycles. The lowest BCUT2D eigenvalue weighted by Crippen LogP contribution is -2.00. The number of aromatic amines is 1.